The van der Waals surface area contributed by atoms with Crippen LogP contribution in [0.1, 0.15) is 0 Å². The number of esters is 3. The van der Waals surface area contributed by atoms with Crippen LogP contribution in [0.5, 0.6) is 0 Å². The van der Waals surface area contributed by atoms with E-state index in [2.05, 4.69) is 26.3 Å². The molecule has 1 rings (SSSR count). The molecule has 8 nitrogen and oxygen atoms in total. The standard InChI is InChI=1S/C14H15O7.C3H3O.Mo/c1-4-11(15)19-9-7-18-8-10(20-12(16)5-2)14(9)21-13(17)6-3;1-2-3-4;/h4-7,9-10,14H,1-3,8H2;2H,1H2;/q2*-1;+2/t9?,10-,14+;;/m1../s1. The molecule has 0 bridgehead atoms. The third-order valence-electron chi connectivity index (χ3n) is 2.54. The number of carbonyl (C=O) groups is 3. The molecule has 0 aromatic carbocycles. The maximum Gasteiger partial charge on any atom is 2.00 e. The minimum Gasteiger partial charge on any atom is -0.546 e. The number of allylic oxidation sites excluding steroid dienone is 1. The smallest absolute Gasteiger partial charge is 0.546 e. The van der Waals surface area contributed by atoms with Crippen molar-refractivity contribution in [2.75, 3.05) is 6.61 Å². The van der Waals surface area contributed by atoms with Crippen molar-refractivity contribution in [3.63, 3.8) is 0 Å². The number of rotatable bonds is 7. The van der Waals surface area contributed by atoms with Gasteiger partial charge in [-0.15, -0.1) is 0 Å². The summed E-state index contributed by atoms with van der Waals surface area (Å²) in [6.07, 6.45) is 2.29. The first-order valence-electron chi connectivity index (χ1n) is 6.86. The predicted molar refractivity (Wildman–Crippen MR) is 86.4 cm³/mol. The molecule has 0 N–H and O–H groups in total. The van der Waals surface area contributed by atoms with Gasteiger partial charge < -0.3 is 23.7 Å². The van der Waals surface area contributed by atoms with Crippen LogP contribution in [-0.2, 0) is 59.2 Å². The zero-order valence-electron chi connectivity index (χ0n) is 13.8. The van der Waals surface area contributed by atoms with Gasteiger partial charge >= 0.3 is 39.0 Å². The van der Waals surface area contributed by atoms with Crippen molar-refractivity contribution in [1.82, 2.24) is 0 Å². The Morgan fingerprint density at radius 2 is 1.42 bits per heavy atom. The average molecular weight is 446 g/mol. The fourth-order valence-corrected chi connectivity index (χ4v) is 1.53. The second kappa shape index (κ2) is 15.0. The van der Waals surface area contributed by atoms with Crippen LogP contribution in [0.25, 0.3) is 0 Å². The summed E-state index contributed by atoms with van der Waals surface area (Å²) in [5.41, 5.74) is 0. The summed E-state index contributed by atoms with van der Waals surface area (Å²) in [6.45, 7) is 14.0. The summed E-state index contributed by atoms with van der Waals surface area (Å²) >= 11 is 0. The largest absolute Gasteiger partial charge is 2.00 e. The molecule has 1 aliphatic heterocycles. The van der Waals surface area contributed by atoms with E-state index in [4.69, 9.17) is 23.7 Å². The molecule has 1 aliphatic rings. The van der Waals surface area contributed by atoms with Gasteiger partial charge in [-0.1, -0.05) is 19.7 Å². The number of ether oxygens (including phenoxy) is 4. The van der Waals surface area contributed by atoms with Crippen molar-refractivity contribution in [1.29, 1.82) is 0 Å². The molecule has 0 radical (unpaired) electrons. The van der Waals surface area contributed by atoms with Gasteiger partial charge in [-0.3, -0.25) is 0 Å². The van der Waals surface area contributed by atoms with Gasteiger partial charge in [-0.25, -0.2) is 27.0 Å². The van der Waals surface area contributed by atoms with Crippen LogP contribution >= 0.6 is 0 Å². The third kappa shape index (κ3) is 9.86. The summed E-state index contributed by atoms with van der Waals surface area (Å²) in [6, 6.07) is 0. The van der Waals surface area contributed by atoms with Crippen LogP contribution < -0.4 is 0 Å². The maximum absolute atomic E-state index is 11.4. The Morgan fingerprint density at radius 3 is 1.88 bits per heavy atom. The summed E-state index contributed by atoms with van der Waals surface area (Å²) in [4.78, 5) is 42.8. The zero-order chi connectivity index (χ0) is 19.2. The van der Waals surface area contributed by atoms with Crippen LogP contribution in [0.2, 0.25) is 0 Å². The van der Waals surface area contributed by atoms with E-state index in [0.29, 0.717) is 0 Å². The molecule has 0 spiro atoms. The Bertz CT molecular complexity index is 507. The summed E-state index contributed by atoms with van der Waals surface area (Å²) in [5, 5.41) is 0. The SMILES string of the molecule is C=CC(=O)OC1[CH-]OC[C@@H](OC(=O)C=C)[C@H]1OC(=O)C=C.C=C[C-]=O.[Mo+2]. The van der Waals surface area contributed by atoms with E-state index in [1.807, 2.05) is 0 Å². The Balaban J connectivity index is 0. The monoisotopic (exact) mass is 448 g/mol. The van der Waals surface area contributed by atoms with Crippen molar-refractivity contribution in [3.05, 3.63) is 57.2 Å². The van der Waals surface area contributed by atoms with E-state index in [-0.39, 0.29) is 27.7 Å². The fraction of sp³-hybridized carbons (Fsp3) is 0.235. The molecule has 0 aromatic rings. The molecule has 0 aromatic heterocycles. The fourth-order valence-electron chi connectivity index (χ4n) is 1.53. The van der Waals surface area contributed by atoms with Gasteiger partial charge in [-0.05, 0) is 6.29 Å². The third-order valence-corrected chi connectivity index (χ3v) is 2.54. The predicted octanol–water partition coefficient (Wildman–Crippen LogP) is 0.751. The van der Waals surface area contributed by atoms with Gasteiger partial charge in [0.25, 0.3) is 0 Å². The van der Waals surface area contributed by atoms with Crippen LogP contribution in [0.4, 0.5) is 0 Å². The summed E-state index contributed by atoms with van der Waals surface area (Å²) < 4.78 is 20.1. The summed E-state index contributed by atoms with van der Waals surface area (Å²) in [5.74, 6) is -2.22. The van der Waals surface area contributed by atoms with Crippen molar-refractivity contribution < 1.29 is 59.2 Å². The minimum absolute atomic E-state index is 0. The van der Waals surface area contributed by atoms with Crippen LogP contribution in [-0.4, -0.2) is 49.1 Å². The van der Waals surface area contributed by atoms with E-state index in [0.717, 1.165) is 24.3 Å². The topological polar surface area (TPSA) is 105 Å². The Hall–Kier alpha value is -2.31. The molecular weight excluding hydrogens is 428 g/mol. The maximum atomic E-state index is 11.4. The first kappa shape index (κ1) is 25.9. The Morgan fingerprint density at radius 1 is 0.962 bits per heavy atom. The van der Waals surface area contributed by atoms with Gasteiger partial charge in [-0.2, -0.15) is 6.61 Å². The molecule has 1 heterocycles. The molecule has 3 atom stereocenters. The van der Waals surface area contributed by atoms with E-state index in [9.17, 15) is 14.4 Å². The second-order valence-corrected chi connectivity index (χ2v) is 4.18. The molecule has 26 heavy (non-hydrogen) atoms. The minimum atomic E-state index is -1.06. The molecule has 9 heteroatoms. The number of hydrogen-bond donors (Lipinski definition) is 0. The van der Waals surface area contributed by atoms with Crippen molar-refractivity contribution in [3.8, 4) is 0 Å². The van der Waals surface area contributed by atoms with E-state index >= 15 is 0 Å². The molecule has 0 amide bonds. The van der Waals surface area contributed by atoms with Gasteiger partial charge in [0.05, 0.1) is 6.61 Å². The molecule has 1 unspecified atom stereocenters. The molecule has 140 valence electrons. The number of carbonyl (C=O) groups excluding carboxylic acids is 4. The van der Waals surface area contributed by atoms with E-state index < -0.39 is 36.2 Å². The molecular formula is C17H18MoO8. The van der Waals surface area contributed by atoms with Crippen molar-refractivity contribution >= 4 is 24.2 Å². The molecule has 0 saturated carbocycles. The van der Waals surface area contributed by atoms with E-state index in [1.165, 1.54) is 12.9 Å². The van der Waals surface area contributed by atoms with Crippen LogP contribution in [0, 0.1) is 6.61 Å². The summed E-state index contributed by atoms with van der Waals surface area (Å²) in [7, 11) is 0. The van der Waals surface area contributed by atoms with Gasteiger partial charge in [0.2, 0.25) is 0 Å². The van der Waals surface area contributed by atoms with Gasteiger partial charge in [0.15, 0.2) is 12.2 Å². The van der Waals surface area contributed by atoms with Crippen LogP contribution in [0.3, 0.4) is 0 Å². The quantitative estimate of drug-likeness (QED) is 0.186. The first-order chi connectivity index (χ1) is 11.9. The average Bonchev–Trinajstić information content (AvgIpc) is 2.63. The first-order valence-corrected chi connectivity index (χ1v) is 6.86. The molecule has 1 saturated heterocycles. The van der Waals surface area contributed by atoms with Crippen molar-refractivity contribution in [2.45, 2.75) is 18.3 Å². The molecule has 1 fully saturated rings. The Labute approximate surface area is 165 Å². The number of hydrogen-bond acceptors (Lipinski definition) is 8. The van der Waals surface area contributed by atoms with Gasteiger partial charge in [0.1, 0.15) is 0 Å². The zero-order valence-corrected chi connectivity index (χ0v) is 15.8. The van der Waals surface area contributed by atoms with Crippen molar-refractivity contribution in [2.24, 2.45) is 0 Å². The van der Waals surface area contributed by atoms with E-state index in [1.54, 1.807) is 0 Å². The van der Waals surface area contributed by atoms with Crippen LogP contribution in [0.15, 0.2) is 50.6 Å². The van der Waals surface area contributed by atoms with Gasteiger partial charge in [0, 0.05) is 24.3 Å². The Kier molecular flexibility index (Phi) is 14.9. The molecule has 0 aliphatic carbocycles. The second-order valence-electron chi connectivity index (χ2n) is 4.18. The normalized spacial score (nSPS) is 20.4.